The summed E-state index contributed by atoms with van der Waals surface area (Å²) in [5, 5.41) is 7.70. The summed E-state index contributed by atoms with van der Waals surface area (Å²) in [6, 6.07) is 5.87. The smallest absolute Gasteiger partial charge is 0.410 e. The van der Waals surface area contributed by atoms with E-state index in [2.05, 4.69) is 15.6 Å². The predicted molar refractivity (Wildman–Crippen MR) is 135 cm³/mol. The Balaban J connectivity index is 1.66. The number of benzene rings is 1. The van der Waals surface area contributed by atoms with Crippen LogP contribution in [0.4, 0.5) is 16.3 Å². The Hall–Kier alpha value is -2.88. The summed E-state index contributed by atoms with van der Waals surface area (Å²) < 4.78 is 16.2. The van der Waals surface area contributed by atoms with Crippen molar-refractivity contribution in [3.63, 3.8) is 0 Å². The zero-order valence-electron chi connectivity index (χ0n) is 20.8. The molecule has 34 heavy (non-hydrogen) atoms. The van der Waals surface area contributed by atoms with Crippen LogP contribution in [0, 0.1) is 0 Å². The van der Waals surface area contributed by atoms with Crippen molar-refractivity contribution < 1.29 is 19.0 Å². The number of ether oxygens (including phenoxy) is 3. The molecule has 0 radical (unpaired) electrons. The lowest BCUT2D eigenvalue weighted by Crippen LogP contribution is -2.44. The normalized spacial score (nSPS) is 14.5. The second kappa shape index (κ2) is 11.5. The summed E-state index contributed by atoms with van der Waals surface area (Å²) >= 11 is 1.50. The molecule has 0 bridgehead atoms. The number of aromatic nitrogens is 2. The number of rotatable bonds is 8. The lowest BCUT2D eigenvalue weighted by atomic mass is 10.1. The SMILES string of the molecule is COc1cc(NCc2cnc(SC)nc2NC2CCN(C(=O)OC(C)(C)C)CC2)cc(OC)c1. The summed E-state index contributed by atoms with van der Waals surface area (Å²) in [4.78, 5) is 23.3. The molecule has 10 heteroatoms. The molecular weight excluding hydrogens is 454 g/mol. The molecule has 1 amide bonds. The van der Waals surface area contributed by atoms with Gasteiger partial charge in [-0.3, -0.25) is 0 Å². The maximum Gasteiger partial charge on any atom is 0.410 e. The molecule has 2 aromatic rings. The monoisotopic (exact) mass is 489 g/mol. The summed E-state index contributed by atoms with van der Waals surface area (Å²) in [5.41, 5.74) is 1.34. The van der Waals surface area contributed by atoms with Crippen LogP contribution < -0.4 is 20.1 Å². The molecule has 1 aromatic heterocycles. The van der Waals surface area contributed by atoms with Crippen molar-refractivity contribution in [2.45, 2.75) is 57.0 Å². The topological polar surface area (TPSA) is 97.8 Å². The number of anilines is 2. The highest BCUT2D eigenvalue weighted by atomic mass is 32.2. The summed E-state index contributed by atoms with van der Waals surface area (Å²) in [6.07, 6.45) is 5.19. The number of amides is 1. The van der Waals surface area contributed by atoms with Crippen LogP contribution in [0.15, 0.2) is 29.6 Å². The van der Waals surface area contributed by atoms with Crippen LogP contribution in [-0.2, 0) is 11.3 Å². The Morgan fingerprint density at radius 2 is 1.79 bits per heavy atom. The van der Waals surface area contributed by atoms with Crippen LogP contribution >= 0.6 is 11.8 Å². The van der Waals surface area contributed by atoms with Crippen LogP contribution in [0.1, 0.15) is 39.2 Å². The zero-order chi connectivity index (χ0) is 24.7. The average Bonchev–Trinajstić information content (AvgIpc) is 2.82. The minimum absolute atomic E-state index is 0.207. The molecule has 0 saturated carbocycles. The second-order valence-corrected chi connectivity index (χ2v) is 9.84. The van der Waals surface area contributed by atoms with Crippen LogP contribution in [0.5, 0.6) is 11.5 Å². The van der Waals surface area contributed by atoms with Crippen molar-refractivity contribution in [3.8, 4) is 11.5 Å². The number of hydrogen-bond acceptors (Lipinski definition) is 9. The van der Waals surface area contributed by atoms with Crippen molar-refractivity contribution in [2.24, 2.45) is 0 Å². The molecular formula is C24H35N5O4S. The Bertz CT molecular complexity index is 952. The Labute approximate surface area is 206 Å². The van der Waals surface area contributed by atoms with E-state index < -0.39 is 5.60 Å². The molecule has 1 aliphatic heterocycles. The molecule has 1 fully saturated rings. The minimum Gasteiger partial charge on any atom is -0.497 e. The zero-order valence-corrected chi connectivity index (χ0v) is 21.6. The molecule has 1 saturated heterocycles. The molecule has 9 nitrogen and oxygen atoms in total. The van der Waals surface area contributed by atoms with Gasteiger partial charge in [-0.25, -0.2) is 14.8 Å². The van der Waals surface area contributed by atoms with Crippen LogP contribution in [0.25, 0.3) is 0 Å². The summed E-state index contributed by atoms with van der Waals surface area (Å²) in [5.74, 6) is 2.23. The van der Waals surface area contributed by atoms with Gasteiger partial charge in [-0.1, -0.05) is 11.8 Å². The number of piperidine rings is 1. The van der Waals surface area contributed by atoms with Crippen LogP contribution in [-0.4, -0.2) is 66.2 Å². The Morgan fingerprint density at radius 3 is 2.35 bits per heavy atom. The first-order valence-corrected chi connectivity index (χ1v) is 12.5. The first-order chi connectivity index (χ1) is 16.2. The Kier molecular flexibility index (Phi) is 8.71. The van der Waals surface area contributed by atoms with E-state index in [0.29, 0.717) is 36.3 Å². The average molecular weight is 490 g/mol. The van der Waals surface area contributed by atoms with Gasteiger partial charge in [0, 0.05) is 61.3 Å². The highest BCUT2D eigenvalue weighted by molar-refractivity contribution is 7.98. The van der Waals surface area contributed by atoms with Gasteiger partial charge in [0.1, 0.15) is 22.9 Å². The van der Waals surface area contributed by atoms with Crippen molar-refractivity contribution >= 4 is 29.4 Å². The fraction of sp³-hybridized carbons (Fsp3) is 0.542. The van der Waals surface area contributed by atoms with Crippen molar-refractivity contribution in [3.05, 3.63) is 30.0 Å². The van der Waals surface area contributed by atoms with Crippen molar-refractivity contribution in [1.82, 2.24) is 14.9 Å². The largest absolute Gasteiger partial charge is 0.497 e. The van der Waals surface area contributed by atoms with Gasteiger partial charge in [0.2, 0.25) is 0 Å². The molecule has 1 aliphatic rings. The van der Waals surface area contributed by atoms with E-state index in [4.69, 9.17) is 19.2 Å². The van der Waals surface area contributed by atoms with E-state index in [0.717, 1.165) is 29.9 Å². The maximum atomic E-state index is 12.4. The predicted octanol–water partition coefficient (Wildman–Crippen LogP) is 4.64. The quantitative estimate of drug-likeness (QED) is 0.406. The van der Waals surface area contributed by atoms with E-state index in [1.165, 1.54) is 11.8 Å². The number of likely N-dealkylation sites (tertiary alicyclic amines) is 1. The van der Waals surface area contributed by atoms with Crippen LogP contribution in [0.2, 0.25) is 0 Å². The number of hydrogen-bond donors (Lipinski definition) is 2. The van der Waals surface area contributed by atoms with E-state index in [1.807, 2.05) is 51.4 Å². The fourth-order valence-corrected chi connectivity index (χ4v) is 3.92. The molecule has 0 atom stereocenters. The minimum atomic E-state index is -0.490. The van der Waals surface area contributed by atoms with Gasteiger partial charge < -0.3 is 29.7 Å². The molecule has 3 rings (SSSR count). The van der Waals surface area contributed by atoms with E-state index in [-0.39, 0.29) is 12.1 Å². The molecule has 2 heterocycles. The lowest BCUT2D eigenvalue weighted by Gasteiger charge is -2.34. The molecule has 1 aromatic carbocycles. The highest BCUT2D eigenvalue weighted by Crippen LogP contribution is 2.27. The molecule has 2 N–H and O–H groups in total. The van der Waals surface area contributed by atoms with E-state index >= 15 is 0 Å². The number of nitrogens with zero attached hydrogens (tertiary/aromatic N) is 3. The van der Waals surface area contributed by atoms with E-state index in [1.54, 1.807) is 19.1 Å². The third kappa shape index (κ3) is 7.31. The van der Waals surface area contributed by atoms with E-state index in [9.17, 15) is 4.79 Å². The first-order valence-electron chi connectivity index (χ1n) is 11.3. The lowest BCUT2D eigenvalue weighted by molar-refractivity contribution is 0.0210. The number of thioether (sulfide) groups is 1. The van der Waals surface area contributed by atoms with Gasteiger partial charge in [0.25, 0.3) is 0 Å². The number of carbonyl (C=O) groups is 1. The van der Waals surface area contributed by atoms with Gasteiger partial charge >= 0.3 is 6.09 Å². The highest BCUT2D eigenvalue weighted by Gasteiger charge is 2.27. The number of nitrogens with one attached hydrogen (secondary N) is 2. The van der Waals surface area contributed by atoms with Gasteiger partial charge in [0.05, 0.1) is 14.2 Å². The van der Waals surface area contributed by atoms with Gasteiger partial charge in [0.15, 0.2) is 5.16 Å². The summed E-state index contributed by atoms with van der Waals surface area (Å²) in [7, 11) is 3.26. The molecule has 0 unspecified atom stereocenters. The molecule has 0 aliphatic carbocycles. The molecule has 0 spiro atoms. The summed E-state index contributed by atoms with van der Waals surface area (Å²) in [6.45, 7) is 7.47. The Morgan fingerprint density at radius 1 is 1.15 bits per heavy atom. The van der Waals surface area contributed by atoms with Gasteiger partial charge in [-0.05, 0) is 39.9 Å². The third-order valence-corrected chi connectivity index (χ3v) is 5.91. The van der Waals surface area contributed by atoms with Crippen molar-refractivity contribution in [2.75, 3.05) is 44.2 Å². The van der Waals surface area contributed by atoms with Gasteiger partial charge in [-0.15, -0.1) is 0 Å². The molecule has 186 valence electrons. The van der Waals surface area contributed by atoms with Crippen LogP contribution in [0.3, 0.4) is 0 Å². The number of methoxy groups -OCH3 is 2. The fourth-order valence-electron chi connectivity index (χ4n) is 3.58. The van der Waals surface area contributed by atoms with Crippen molar-refractivity contribution in [1.29, 1.82) is 0 Å². The maximum absolute atomic E-state index is 12.4. The second-order valence-electron chi connectivity index (χ2n) is 9.07. The third-order valence-electron chi connectivity index (χ3n) is 5.35. The van der Waals surface area contributed by atoms with Gasteiger partial charge in [-0.2, -0.15) is 0 Å². The number of carbonyl (C=O) groups excluding carboxylic acids is 1. The standard InChI is InChI=1S/C24H35N5O4S/c1-24(2,3)33-23(30)29-9-7-17(8-10-29)27-21-16(15-26-22(28-21)34-6)14-25-18-11-19(31-4)13-20(12-18)32-5/h11-13,15,17,25H,7-10,14H2,1-6H3,(H,26,27,28). The first kappa shape index (κ1) is 25.7.